The van der Waals surface area contributed by atoms with Crippen molar-refractivity contribution in [2.75, 3.05) is 18.5 Å². The smallest absolute Gasteiger partial charge is 0.412 e. The lowest BCUT2D eigenvalue weighted by atomic mass is 10.1. The van der Waals surface area contributed by atoms with E-state index in [-0.39, 0.29) is 5.01 Å². The van der Waals surface area contributed by atoms with Crippen LogP contribution in [0.15, 0.2) is 29.6 Å². The Labute approximate surface area is 199 Å². The molecule has 12 nitrogen and oxygen atoms in total. The summed E-state index contributed by atoms with van der Waals surface area (Å²) in [6, 6.07) is 3.65. The first-order chi connectivity index (χ1) is 15.9. The Balaban J connectivity index is 2.02. The normalized spacial score (nSPS) is 12.9. The summed E-state index contributed by atoms with van der Waals surface area (Å²) in [6.07, 6.45) is -0.594. The standard InChI is InChI=1S/C21H26N4O8S/c1-21(2,3)33-20(32)22-12-6-4-11(5-7-12)15-10-34-18(25-15)17(29)23-13(8-26)16(28)24-14(9-27)19(30)31/h4-7,10,13-14,26-27H,8-9H2,1-3H3,(H,22,32)(H,23,29)(H,24,28)(H,30,31). The molecule has 1 aromatic heterocycles. The average molecular weight is 495 g/mol. The van der Waals surface area contributed by atoms with Gasteiger partial charge in [0.15, 0.2) is 5.01 Å². The number of nitrogens with zero attached hydrogens (tertiary/aromatic N) is 1. The summed E-state index contributed by atoms with van der Waals surface area (Å²) in [5, 5.41) is 35.8. The Morgan fingerprint density at radius 1 is 1.03 bits per heavy atom. The Kier molecular flexibility index (Phi) is 9.06. The molecule has 3 amide bonds. The molecule has 0 radical (unpaired) electrons. The van der Waals surface area contributed by atoms with Gasteiger partial charge in [0.1, 0.15) is 17.7 Å². The molecule has 0 aliphatic heterocycles. The predicted molar refractivity (Wildman–Crippen MR) is 122 cm³/mol. The van der Waals surface area contributed by atoms with E-state index in [1.807, 2.05) is 5.32 Å². The van der Waals surface area contributed by atoms with Gasteiger partial charge in [-0.2, -0.15) is 0 Å². The van der Waals surface area contributed by atoms with Crippen LogP contribution in [0.1, 0.15) is 30.6 Å². The molecule has 2 aromatic rings. The molecular weight excluding hydrogens is 468 g/mol. The van der Waals surface area contributed by atoms with Gasteiger partial charge in [-0.05, 0) is 32.9 Å². The second kappa shape index (κ2) is 11.5. The van der Waals surface area contributed by atoms with Gasteiger partial charge in [0.25, 0.3) is 5.91 Å². The topological polar surface area (TPSA) is 187 Å². The van der Waals surface area contributed by atoms with Crippen LogP contribution in [0.3, 0.4) is 0 Å². The summed E-state index contributed by atoms with van der Waals surface area (Å²) in [5.74, 6) is -3.18. The van der Waals surface area contributed by atoms with Gasteiger partial charge < -0.3 is 30.7 Å². The van der Waals surface area contributed by atoms with Crippen LogP contribution in [0.25, 0.3) is 11.3 Å². The quantitative estimate of drug-likeness (QED) is 0.293. The fourth-order valence-corrected chi connectivity index (χ4v) is 3.26. The van der Waals surface area contributed by atoms with Crippen LogP contribution >= 0.6 is 11.3 Å². The number of hydrogen-bond acceptors (Lipinski definition) is 9. The van der Waals surface area contributed by atoms with E-state index < -0.39 is 54.8 Å². The Bertz CT molecular complexity index is 1030. The highest BCUT2D eigenvalue weighted by Crippen LogP contribution is 2.24. The molecule has 1 aromatic carbocycles. The number of amides is 3. The van der Waals surface area contributed by atoms with Gasteiger partial charge in [-0.3, -0.25) is 14.9 Å². The van der Waals surface area contributed by atoms with E-state index in [1.165, 1.54) is 0 Å². The molecule has 2 rings (SSSR count). The van der Waals surface area contributed by atoms with Gasteiger partial charge in [0.2, 0.25) is 5.91 Å². The zero-order valence-electron chi connectivity index (χ0n) is 18.7. The maximum absolute atomic E-state index is 12.5. The van der Waals surface area contributed by atoms with Crippen molar-refractivity contribution >= 4 is 40.9 Å². The van der Waals surface area contributed by atoms with Crippen molar-refractivity contribution in [3.8, 4) is 11.3 Å². The number of carbonyl (C=O) groups is 4. The van der Waals surface area contributed by atoms with Crippen LogP contribution < -0.4 is 16.0 Å². The summed E-state index contributed by atoms with van der Waals surface area (Å²) in [6.45, 7) is 3.61. The van der Waals surface area contributed by atoms with Gasteiger partial charge in [-0.25, -0.2) is 14.6 Å². The number of ether oxygens (including phenoxy) is 1. The number of benzene rings is 1. The second-order valence-electron chi connectivity index (χ2n) is 8.03. The van der Waals surface area contributed by atoms with Gasteiger partial charge >= 0.3 is 12.1 Å². The Morgan fingerprint density at radius 2 is 1.65 bits per heavy atom. The molecular formula is C21H26N4O8S. The third kappa shape index (κ3) is 7.79. The predicted octanol–water partition coefficient (Wildman–Crippen LogP) is 0.809. The van der Waals surface area contributed by atoms with Gasteiger partial charge in [0, 0.05) is 16.6 Å². The molecule has 34 heavy (non-hydrogen) atoms. The molecule has 13 heteroatoms. The number of carbonyl (C=O) groups excluding carboxylic acids is 3. The fraction of sp³-hybridized carbons (Fsp3) is 0.381. The molecule has 0 aliphatic carbocycles. The summed E-state index contributed by atoms with van der Waals surface area (Å²) in [4.78, 5) is 51.6. The van der Waals surface area contributed by atoms with Crippen LogP contribution in [-0.4, -0.2) is 75.1 Å². The number of nitrogens with one attached hydrogen (secondary N) is 3. The second-order valence-corrected chi connectivity index (χ2v) is 8.89. The van der Waals surface area contributed by atoms with Crippen molar-refractivity contribution in [1.29, 1.82) is 0 Å². The van der Waals surface area contributed by atoms with E-state index in [4.69, 9.17) is 14.9 Å². The van der Waals surface area contributed by atoms with Crippen LogP contribution in [-0.2, 0) is 14.3 Å². The molecule has 6 N–H and O–H groups in total. The van der Waals surface area contributed by atoms with Crippen molar-refractivity contribution in [1.82, 2.24) is 15.6 Å². The first-order valence-corrected chi connectivity index (χ1v) is 10.9. The highest BCUT2D eigenvalue weighted by Gasteiger charge is 2.27. The molecule has 0 fully saturated rings. The number of anilines is 1. The van der Waals surface area contributed by atoms with Gasteiger partial charge in [-0.15, -0.1) is 11.3 Å². The van der Waals surface area contributed by atoms with Crippen LogP contribution in [0, 0.1) is 0 Å². The number of aliphatic hydroxyl groups excluding tert-OH is 2. The molecule has 184 valence electrons. The number of aromatic nitrogens is 1. The van der Waals surface area contributed by atoms with Crippen molar-refractivity contribution in [2.45, 2.75) is 38.5 Å². The van der Waals surface area contributed by atoms with Crippen LogP contribution in [0.4, 0.5) is 10.5 Å². The van der Waals surface area contributed by atoms with Gasteiger partial charge in [0.05, 0.1) is 18.9 Å². The molecule has 0 aliphatic rings. The Morgan fingerprint density at radius 3 is 2.18 bits per heavy atom. The number of aliphatic carboxylic acids is 1. The summed E-state index contributed by atoms with van der Waals surface area (Å²) >= 11 is 1.00. The first-order valence-electron chi connectivity index (χ1n) is 10.0. The summed E-state index contributed by atoms with van der Waals surface area (Å²) in [7, 11) is 0. The lowest BCUT2D eigenvalue weighted by molar-refractivity contribution is -0.143. The first kappa shape index (κ1) is 26.7. The largest absolute Gasteiger partial charge is 0.480 e. The lowest BCUT2D eigenvalue weighted by Gasteiger charge is -2.19. The minimum Gasteiger partial charge on any atom is -0.480 e. The van der Waals surface area contributed by atoms with E-state index in [0.717, 1.165) is 11.3 Å². The van der Waals surface area contributed by atoms with Crippen LogP contribution in [0.5, 0.6) is 0 Å². The molecule has 0 spiro atoms. The maximum atomic E-state index is 12.5. The molecule has 0 bridgehead atoms. The monoisotopic (exact) mass is 494 g/mol. The van der Waals surface area contributed by atoms with E-state index in [1.54, 1.807) is 50.4 Å². The number of aliphatic hydroxyl groups is 2. The van der Waals surface area contributed by atoms with E-state index in [2.05, 4.69) is 15.6 Å². The van der Waals surface area contributed by atoms with E-state index in [0.29, 0.717) is 16.9 Å². The molecule has 1 heterocycles. The van der Waals surface area contributed by atoms with Crippen molar-refractivity contribution in [3.63, 3.8) is 0 Å². The van der Waals surface area contributed by atoms with Crippen molar-refractivity contribution in [3.05, 3.63) is 34.7 Å². The minimum absolute atomic E-state index is 0.00847. The summed E-state index contributed by atoms with van der Waals surface area (Å²) < 4.78 is 5.19. The van der Waals surface area contributed by atoms with Crippen molar-refractivity contribution in [2.24, 2.45) is 0 Å². The fourth-order valence-electron chi connectivity index (χ4n) is 2.53. The molecule has 2 atom stereocenters. The lowest BCUT2D eigenvalue weighted by Crippen LogP contribution is -2.54. The zero-order chi connectivity index (χ0) is 25.5. The number of thiazole rings is 1. The molecule has 0 saturated heterocycles. The van der Waals surface area contributed by atoms with Crippen LogP contribution in [0.2, 0.25) is 0 Å². The number of carboxylic acid groups (broad SMARTS) is 1. The zero-order valence-corrected chi connectivity index (χ0v) is 19.5. The Hall–Kier alpha value is -3.55. The van der Waals surface area contributed by atoms with E-state index in [9.17, 15) is 24.3 Å². The van der Waals surface area contributed by atoms with Gasteiger partial charge in [-0.1, -0.05) is 12.1 Å². The van der Waals surface area contributed by atoms with Crippen molar-refractivity contribution < 1.29 is 39.2 Å². The van der Waals surface area contributed by atoms with E-state index >= 15 is 0 Å². The molecule has 0 saturated carbocycles. The number of rotatable bonds is 9. The number of carboxylic acids is 1. The summed E-state index contributed by atoms with van der Waals surface area (Å²) in [5.41, 5.74) is 1.00. The minimum atomic E-state index is -1.57. The number of hydrogen-bond donors (Lipinski definition) is 6. The third-order valence-corrected chi connectivity index (χ3v) is 4.97. The average Bonchev–Trinajstić information content (AvgIpc) is 3.24. The highest BCUT2D eigenvalue weighted by molar-refractivity contribution is 7.12. The molecule has 2 unspecified atom stereocenters. The maximum Gasteiger partial charge on any atom is 0.412 e. The highest BCUT2D eigenvalue weighted by atomic mass is 32.1. The SMILES string of the molecule is CC(C)(C)OC(=O)Nc1ccc(-c2csc(C(=O)NC(CO)C(=O)NC(CO)C(=O)O)n2)cc1. The third-order valence-electron chi connectivity index (χ3n) is 4.13.